The Balaban J connectivity index is 1.51. The van der Waals surface area contributed by atoms with Gasteiger partial charge in [-0.25, -0.2) is 0 Å². The van der Waals surface area contributed by atoms with E-state index in [-0.39, 0.29) is 17.9 Å². The quantitative estimate of drug-likeness (QED) is 0.276. The third-order valence-electron chi connectivity index (χ3n) is 7.34. The Hall–Kier alpha value is -2.18. The number of nitrogens with one attached hydrogen (secondary N) is 2. The fourth-order valence-electron chi connectivity index (χ4n) is 5.24. The lowest BCUT2D eigenvalue weighted by atomic mass is 9.84. The Morgan fingerprint density at radius 3 is 2.56 bits per heavy atom. The van der Waals surface area contributed by atoms with E-state index in [4.69, 9.17) is 11.6 Å². The number of nitrogens with zero attached hydrogens (tertiary/aromatic N) is 2. The molecule has 2 N–H and O–H groups in total. The van der Waals surface area contributed by atoms with E-state index in [0.717, 1.165) is 36.5 Å². The van der Waals surface area contributed by atoms with E-state index < -0.39 is 0 Å². The first-order chi connectivity index (χ1) is 17.3. The molecule has 2 fully saturated rings. The number of aryl methyl sites for hydroxylation is 1. The minimum atomic E-state index is -0.105. The van der Waals surface area contributed by atoms with E-state index in [1.807, 2.05) is 32.0 Å². The van der Waals surface area contributed by atoms with Gasteiger partial charge in [-0.05, 0) is 82.3 Å². The van der Waals surface area contributed by atoms with Gasteiger partial charge in [-0.1, -0.05) is 50.3 Å². The minimum absolute atomic E-state index is 0.00308. The molecule has 0 bridgehead atoms. The van der Waals surface area contributed by atoms with Crippen molar-refractivity contribution in [3.63, 3.8) is 0 Å². The predicted molar refractivity (Wildman–Crippen MR) is 149 cm³/mol. The van der Waals surface area contributed by atoms with Crippen LogP contribution in [0.5, 0.6) is 0 Å². The van der Waals surface area contributed by atoms with E-state index in [1.165, 1.54) is 44.9 Å². The molecule has 0 radical (unpaired) electrons. The zero-order valence-electron chi connectivity index (χ0n) is 22.1. The van der Waals surface area contributed by atoms with Gasteiger partial charge in [0, 0.05) is 41.9 Å². The molecule has 6 nitrogen and oxygen atoms in total. The molecular weight excluding hydrogens is 472 g/mol. The third-order valence-corrected chi connectivity index (χ3v) is 7.57. The summed E-state index contributed by atoms with van der Waals surface area (Å²) < 4.78 is 0. The third kappa shape index (κ3) is 9.70. The highest BCUT2D eigenvalue weighted by molar-refractivity contribution is 6.30. The van der Waals surface area contributed by atoms with Crippen LogP contribution in [0.3, 0.4) is 0 Å². The van der Waals surface area contributed by atoms with Crippen molar-refractivity contribution in [2.45, 2.75) is 84.1 Å². The molecule has 0 aromatic heterocycles. The summed E-state index contributed by atoms with van der Waals surface area (Å²) >= 11 is 6.04. The summed E-state index contributed by atoms with van der Waals surface area (Å²) in [5, 5.41) is 6.94. The Morgan fingerprint density at radius 2 is 1.86 bits per heavy atom. The summed E-state index contributed by atoms with van der Waals surface area (Å²) in [7, 11) is 0. The molecule has 1 aliphatic heterocycles. The number of amides is 2. The van der Waals surface area contributed by atoms with E-state index in [1.54, 1.807) is 0 Å². The number of rotatable bonds is 12. The van der Waals surface area contributed by atoms with Gasteiger partial charge in [-0.2, -0.15) is 0 Å². The maximum absolute atomic E-state index is 12.9. The van der Waals surface area contributed by atoms with Gasteiger partial charge in [-0.3, -0.25) is 19.5 Å². The average Bonchev–Trinajstić information content (AvgIpc) is 3.36. The maximum Gasteiger partial charge on any atom is 0.247 e. The molecule has 1 aliphatic carbocycles. The zero-order valence-corrected chi connectivity index (χ0v) is 22.8. The van der Waals surface area contributed by atoms with Crippen LogP contribution in [0.25, 0.3) is 0 Å². The van der Waals surface area contributed by atoms with Gasteiger partial charge in [0.1, 0.15) is 0 Å². The normalized spacial score (nSPS) is 18.1. The molecule has 2 aliphatic rings. The molecule has 7 heteroatoms. The first-order valence-corrected chi connectivity index (χ1v) is 14.0. The molecule has 0 spiro atoms. The van der Waals surface area contributed by atoms with E-state index in [0.29, 0.717) is 42.4 Å². The van der Waals surface area contributed by atoms with Crippen LogP contribution in [0.1, 0.15) is 76.7 Å². The fourth-order valence-corrected chi connectivity index (χ4v) is 5.47. The van der Waals surface area contributed by atoms with Crippen molar-refractivity contribution in [3.05, 3.63) is 40.9 Å². The van der Waals surface area contributed by atoms with E-state index in [2.05, 4.69) is 27.1 Å². The second kappa shape index (κ2) is 14.5. The summed E-state index contributed by atoms with van der Waals surface area (Å²) in [5.74, 6) is 0.499. The lowest BCUT2D eigenvalue weighted by Crippen LogP contribution is -2.45. The van der Waals surface area contributed by atoms with Crippen molar-refractivity contribution in [1.29, 1.82) is 0 Å². The zero-order chi connectivity index (χ0) is 25.9. The first-order valence-electron chi connectivity index (χ1n) is 13.6. The first kappa shape index (κ1) is 28.4. The second-order valence-electron chi connectivity index (χ2n) is 10.6. The van der Waals surface area contributed by atoms with Gasteiger partial charge in [0.2, 0.25) is 11.8 Å². The Bertz CT molecular complexity index is 933. The molecule has 1 unspecified atom stereocenters. The number of carbonyl (C=O) groups is 2. The van der Waals surface area contributed by atoms with Crippen LogP contribution in [-0.4, -0.2) is 54.6 Å². The highest BCUT2D eigenvalue weighted by atomic mass is 35.5. The standard InChI is InChI=1S/C29H43ClN4O2/c1-21-17-25(30)12-13-27(21)32-23(3)11-14-28(35)33-26(18-24-9-5-4-6-10-24)19-31-29(36)22(2)20-34-15-7-8-16-34/h12-13,17,24,26H,2,4-11,14-16,18-20H2,1,3H3,(H,31,36)(H,33,35)/b32-23+. The number of aliphatic imine (C=N–C) groups is 1. The molecule has 1 saturated carbocycles. The van der Waals surface area contributed by atoms with Crippen molar-refractivity contribution >= 4 is 34.8 Å². The number of likely N-dealkylation sites (tertiary alicyclic amines) is 1. The summed E-state index contributed by atoms with van der Waals surface area (Å²) in [6, 6.07) is 5.56. The molecule has 1 aromatic carbocycles. The summed E-state index contributed by atoms with van der Waals surface area (Å²) in [4.78, 5) is 32.5. The highest BCUT2D eigenvalue weighted by Gasteiger charge is 2.22. The van der Waals surface area contributed by atoms with Gasteiger partial charge >= 0.3 is 0 Å². The van der Waals surface area contributed by atoms with Crippen LogP contribution in [-0.2, 0) is 9.59 Å². The van der Waals surface area contributed by atoms with Crippen LogP contribution < -0.4 is 10.6 Å². The molecule has 1 aromatic rings. The summed E-state index contributed by atoms with van der Waals surface area (Å²) in [6.45, 7) is 11.1. The number of carbonyl (C=O) groups excluding carboxylic acids is 2. The van der Waals surface area contributed by atoms with Crippen LogP contribution in [0.4, 0.5) is 5.69 Å². The molecule has 36 heavy (non-hydrogen) atoms. The van der Waals surface area contributed by atoms with Crippen LogP contribution >= 0.6 is 11.6 Å². The van der Waals surface area contributed by atoms with Crippen molar-refractivity contribution in [1.82, 2.24) is 15.5 Å². The molecule has 198 valence electrons. The van der Waals surface area contributed by atoms with Crippen LogP contribution in [0.15, 0.2) is 35.3 Å². The molecule has 1 heterocycles. The summed E-state index contributed by atoms with van der Waals surface area (Å²) in [6.07, 6.45) is 10.5. The lowest BCUT2D eigenvalue weighted by Gasteiger charge is -2.27. The average molecular weight is 515 g/mol. The van der Waals surface area contributed by atoms with Crippen molar-refractivity contribution in [2.75, 3.05) is 26.2 Å². The fraction of sp³-hybridized carbons (Fsp3) is 0.621. The Labute approximate surface area is 222 Å². The second-order valence-corrected chi connectivity index (χ2v) is 11.0. The molecular formula is C29H43ClN4O2. The number of halogens is 1. The van der Waals surface area contributed by atoms with Crippen molar-refractivity contribution in [3.8, 4) is 0 Å². The Morgan fingerprint density at radius 1 is 1.14 bits per heavy atom. The van der Waals surface area contributed by atoms with Crippen LogP contribution in [0, 0.1) is 12.8 Å². The van der Waals surface area contributed by atoms with Gasteiger partial charge < -0.3 is 10.6 Å². The minimum Gasteiger partial charge on any atom is -0.352 e. The van der Waals surface area contributed by atoms with E-state index in [9.17, 15) is 9.59 Å². The SMILES string of the molecule is C=C(CN1CCCC1)C(=O)NCC(CC1CCCCC1)NC(=O)CC/C(C)=N/c1ccc(Cl)cc1C. The summed E-state index contributed by atoms with van der Waals surface area (Å²) in [5.41, 5.74) is 3.40. The highest BCUT2D eigenvalue weighted by Crippen LogP contribution is 2.27. The van der Waals surface area contributed by atoms with Gasteiger partial charge in [0.15, 0.2) is 0 Å². The predicted octanol–water partition coefficient (Wildman–Crippen LogP) is 5.74. The van der Waals surface area contributed by atoms with Gasteiger partial charge in [0.05, 0.1) is 5.69 Å². The lowest BCUT2D eigenvalue weighted by molar-refractivity contribution is -0.122. The van der Waals surface area contributed by atoms with E-state index >= 15 is 0 Å². The van der Waals surface area contributed by atoms with Gasteiger partial charge in [-0.15, -0.1) is 0 Å². The van der Waals surface area contributed by atoms with Gasteiger partial charge in [0.25, 0.3) is 0 Å². The molecule has 1 saturated heterocycles. The van der Waals surface area contributed by atoms with Crippen molar-refractivity contribution < 1.29 is 9.59 Å². The molecule has 1 atom stereocenters. The molecule has 2 amide bonds. The number of benzene rings is 1. The topological polar surface area (TPSA) is 73.8 Å². The maximum atomic E-state index is 12.9. The Kier molecular flexibility index (Phi) is 11.5. The van der Waals surface area contributed by atoms with Crippen LogP contribution in [0.2, 0.25) is 5.02 Å². The largest absolute Gasteiger partial charge is 0.352 e. The number of hydrogen-bond donors (Lipinski definition) is 2. The smallest absolute Gasteiger partial charge is 0.247 e. The number of hydrogen-bond acceptors (Lipinski definition) is 4. The van der Waals surface area contributed by atoms with Crippen molar-refractivity contribution in [2.24, 2.45) is 10.9 Å². The molecule has 3 rings (SSSR count). The monoisotopic (exact) mass is 514 g/mol.